The van der Waals surface area contributed by atoms with Crippen molar-refractivity contribution in [2.75, 3.05) is 13.2 Å². The zero-order valence-electron chi connectivity index (χ0n) is 16.1. The van der Waals surface area contributed by atoms with E-state index in [-0.39, 0.29) is 5.97 Å². The molecule has 24 heavy (non-hydrogen) atoms. The fourth-order valence-electron chi connectivity index (χ4n) is 2.28. The van der Waals surface area contributed by atoms with Gasteiger partial charge in [0.2, 0.25) is 0 Å². The van der Waals surface area contributed by atoms with Crippen molar-refractivity contribution < 1.29 is 19.1 Å². The first-order chi connectivity index (χ1) is 11.5. The molecule has 0 radical (unpaired) electrons. The minimum Gasteiger partial charge on any atom is -0.464 e. The molecule has 0 fully saturated rings. The van der Waals surface area contributed by atoms with Gasteiger partial charge in [0.25, 0.3) is 0 Å². The molecular weight excluding hydrogens is 306 g/mol. The molecule has 0 saturated carbocycles. The average molecular weight is 344 g/mol. The Kier molecular flexibility index (Phi) is 14.5. The highest BCUT2D eigenvalue weighted by atomic mass is 16.6. The third-order valence-electron chi connectivity index (χ3n) is 3.82. The van der Waals surface area contributed by atoms with Gasteiger partial charge in [0.05, 0.1) is 13.2 Å². The van der Waals surface area contributed by atoms with Gasteiger partial charge in [-0.2, -0.15) is 0 Å². The summed E-state index contributed by atoms with van der Waals surface area (Å²) < 4.78 is 10.4. The lowest BCUT2D eigenvalue weighted by atomic mass is 10.1. The summed E-state index contributed by atoms with van der Waals surface area (Å²) in [5.41, 5.74) is 0. The number of carbonyl (C=O) groups excluding carboxylic acids is 2. The summed E-state index contributed by atoms with van der Waals surface area (Å²) in [6.45, 7) is 9.26. The summed E-state index contributed by atoms with van der Waals surface area (Å²) in [7, 11) is 0. The first-order valence-electron chi connectivity index (χ1n) is 9.61. The number of hydrogen-bond donors (Lipinski definition) is 1. The highest BCUT2D eigenvalue weighted by molar-refractivity contribution is 5.81. The standard InChI is InChI=1S/C19H37NO4/c1-5-7-9-10-13-17(20-19(22)24-14-8-6-2)18(21)23-15-11-12-16(3)4/h16-17H,5-15H2,1-4H3,(H,20,22). The SMILES string of the molecule is CCCCCCC(NC(=O)OCCCC)C(=O)OCCCC(C)C. The van der Waals surface area contributed by atoms with Crippen molar-refractivity contribution in [1.82, 2.24) is 5.32 Å². The van der Waals surface area contributed by atoms with Crippen LogP contribution in [0.4, 0.5) is 4.79 Å². The maximum absolute atomic E-state index is 12.2. The van der Waals surface area contributed by atoms with Gasteiger partial charge < -0.3 is 14.8 Å². The second-order valence-electron chi connectivity index (χ2n) is 6.74. The monoisotopic (exact) mass is 343 g/mol. The number of nitrogens with one attached hydrogen (secondary N) is 1. The van der Waals surface area contributed by atoms with Gasteiger partial charge in [0, 0.05) is 0 Å². The Morgan fingerprint density at radius 2 is 1.50 bits per heavy atom. The fourth-order valence-corrected chi connectivity index (χ4v) is 2.28. The Bertz CT molecular complexity index is 331. The Morgan fingerprint density at radius 3 is 2.12 bits per heavy atom. The highest BCUT2D eigenvalue weighted by Crippen LogP contribution is 2.09. The van der Waals surface area contributed by atoms with E-state index in [9.17, 15) is 9.59 Å². The molecule has 0 rings (SSSR count). The minimum absolute atomic E-state index is 0.345. The Labute approximate surface area is 147 Å². The number of rotatable bonds is 14. The lowest BCUT2D eigenvalue weighted by molar-refractivity contribution is -0.146. The molecule has 0 saturated heterocycles. The van der Waals surface area contributed by atoms with Gasteiger partial charge in [0.15, 0.2) is 0 Å². The predicted molar refractivity (Wildman–Crippen MR) is 97.0 cm³/mol. The van der Waals surface area contributed by atoms with E-state index in [2.05, 4.69) is 26.1 Å². The third kappa shape index (κ3) is 13.2. The molecule has 0 aliphatic carbocycles. The van der Waals surface area contributed by atoms with E-state index in [1.165, 1.54) is 0 Å². The normalized spacial score (nSPS) is 12.0. The van der Waals surface area contributed by atoms with Crippen molar-refractivity contribution in [3.05, 3.63) is 0 Å². The van der Waals surface area contributed by atoms with Gasteiger partial charge in [-0.3, -0.25) is 0 Å². The molecule has 5 heteroatoms. The van der Waals surface area contributed by atoms with E-state index < -0.39 is 12.1 Å². The largest absolute Gasteiger partial charge is 0.464 e. The van der Waals surface area contributed by atoms with Gasteiger partial charge in [0.1, 0.15) is 6.04 Å². The van der Waals surface area contributed by atoms with Gasteiger partial charge in [-0.1, -0.05) is 59.8 Å². The van der Waals surface area contributed by atoms with Crippen molar-refractivity contribution >= 4 is 12.1 Å². The molecule has 0 aliphatic rings. The first-order valence-corrected chi connectivity index (χ1v) is 9.61. The van der Waals surface area contributed by atoms with Crippen LogP contribution in [0.3, 0.4) is 0 Å². The van der Waals surface area contributed by atoms with Crippen molar-refractivity contribution in [3.8, 4) is 0 Å². The van der Waals surface area contributed by atoms with Crippen LogP contribution >= 0.6 is 0 Å². The Morgan fingerprint density at radius 1 is 0.833 bits per heavy atom. The molecule has 142 valence electrons. The first kappa shape index (κ1) is 22.7. The van der Waals surface area contributed by atoms with Crippen LogP contribution in [0.2, 0.25) is 0 Å². The van der Waals surface area contributed by atoms with E-state index in [4.69, 9.17) is 9.47 Å². The number of unbranched alkanes of at least 4 members (excludes halogenated alkanes) is 4. The fraction of sp³-hybridized carbons (Fsp3) is 0.895. The molecule has 0 aliphatic heterocycles. The van der Waals surface area contributed by atoms with Crippen molar-refractivity contribution in [2.24, 2.45) is 5.92 Å². The molecule has 0 aromatic heterocycles. The van der Waals surface area contributed by atoms with Crippen molar-refractivity contribution in [1.29, 1.82) is 0 Å². The zero-order chi connectivity index (χ0) is 18.2. The molecule has 0 bridgehead atoms. The van der Waals surface area contributed by atoms with E-state index in [1.807, 2.05) is 6.92 Å². The molecule has 5 nitrogen and oxygen atoms in total. The molecule has 1 amide bonds. The minimum atomic E-state index is -0.602. The predicted octanol–water partition coefficient (Wildman–Crippen LogP) is 4.83. The van der Waals surface area contributed by atoms with Crippen LogP contribution in [0.5, 0.6) is 0 Å². The van der Waals surface area contributed by atoms with E-state index in [0.29, 0.717) is 25.6 Å². The van der Waals surface area contributed by atoms with Crippen molar-refractivity contribution in [3.63, 3.8) is 0 Å². The van der Waals surface area contributed by atoms with E-state index >= 15 is 0 Å². The van der Waals surface area contributed by atoms with Gasteiger partial charge in [-0.15, -0.1) is 0 Å². The van der Waals surface area contributed by atoms with Gasteiger partial charge >= 0.3 is 12.1 Å². The smallest absolute Gasteiger partial charge is 0.407 e. The zero-order valence-corrected chi connectivity index (χ0v) is 16.1. The van der Waals surface area contributed by atoms with Gasteiger partial charge in [-0.05, 0) is 31.6 Å². The van der Waals surface area contributed by atoms with Crippen LogP contribution in [0.15, 0.2) is 0 Å². The third-order valence-corrected chi connectivity index (χ3v) is 3.82. The maximum atomic E-state index is 12.2. The lowest BCUT2D eigenvalue weighted by Crippen LogP contribution is -2.42. The Balaban J connectivity index is 4.28. The van der Waals surface area contributed by atoms with Crippen LogP contribution in [0.1, 0.15) is 85.5 Å². The number of ether oxygens (including phenoxy) is 2. The topological polar surface area (TPSA) is 64.6 Å². The molecule has 1 atom stereocenters. The summed E-state index contributed by atoms with van der Waals surface area (Å²) in [4.78, 5) is 24.0. The molecular formula is C19H37NO4. The summed E-state index contributed by atoms with van der Waals surface area (Å²) in [5.74, 6) is 0.253. The van der Waals surface area contributed by atoms with E-state index in [1.54, 1.807) is 0 Å². The summed E-state index contributed by atoms with van der Waals surface area (Å²) >= 11 is 0. The van der Waals surface area contributed by atoms with E-state index in [0.717, 1.165) is 51.4 Å². The number of alkyl carbamates (subject to hydrolysis) is 1. The highest BCUT2D eigenvalue weighted by Gasteiger charge is 2.22. The summed E-state index contributed by atoms with van der Waals surface area (Å²) in [6.07, 6.45) is 7.98. The molecule has 1 N–H and O–H groups in total. The molecule has 0 spiro atoms. The van der Waals surface area contributed by atoms with Crippen LogP contribution < -0.4 is 5.32 Å². The molecule has 1 unspecified atom stereocenters. The number of amides is 1. The number of hydrogen-bond acceptors (Lipinski definition) is 4. The number of esters is 1. The lowest BCUT2D eigenvalue weighted by Gasteiger charge is -2.18. The molecule has 0 aromatic carbocycles. The average Bonchev–Trinajstić information content (AvgIpc) is 2.54. The Hall–Kier alpha value is -1.26. The summed E-state index contributed by atoms with van der Waals surface area (Å²) in [5, 5.41) is 2.67. The van der Waals surface area contributed by atoms with Gasteiger partial charge in [-0.25, -0.2) is 9.59 Å². The van der Waals surface area contributed by atoms with Crippen LogP contribution in [0.25, 0.3) is 0 Å². The maximum Gasteiger partial charge on any atom is 0.407 e. The second-order valence-corrected chi connectivity index (χ2v) is 6.74. The summed E-state index contributed by atoms with van der Waals surface area (Å²) in [6, 6.07) is -0.602. The van der Waals surface area contributed by atoms with Crippen molar-refractivity contribution in [2.45, 2.75) is 91.5 Å². The quantitative estimate of drug-likeness (QED) is 0.362. The molecule has 0 aromatic rings. The molecule has 0 heterocycles. The van der Waals surface area contributed by atoms with Crippen LogP contribution in [0, 0.1) is 5.92 Å². The number of carbonyl (C=O) groups is 2. The second kappa shape index (κ2) is 15.3. The van der Waals surface area contributed by atoms with Crippen LogP contribution in [-0.2, 0) is 14.3 Å². The van der Waals surface area contributed by atoms with Crippen LogP contribution in [-0.4, -0.2) is 31.3 Å².